The number of carbonyl (C=O) groups excluding carboxylic acids is 1. The Bertz CT molecular complexity index is 1020. The first-order chi connectivity index (χ1) is 13.3. The SMILES string of the molecule is O=C(NCCn1c(CCc2ccccc2)nc2cccnc21)c1ccco1. The van der Waals surface area contributed by atoms with Crippen molar-refractivity contribution in [1.82, 2.24) is 19.9 Å². The van der Waals surface area contributed by atoms with Crippen molar-refractivity contribution in [2.75, 3.05) is 6.54 Å². The third kappa shape index (κ3) is 3.89. The third-order valence-electron chi connectivity index (χ3n) is 4.43. The lowest BCUT2D eigenvalue weighted by Crippen LogP contribution is -2.27. The fourth-order valence-electron chi connectivity index (χ4n) is 3.11. The Morgan fingerprint density at radius 3 is 2.74 bits per heavy atom. The number of furan rings is 1. The Balaban J connectivity index is 1.48. The largest absolute Gasteiger partial charge is 0.459 e. The second kappa shape index (κ2) is 7.86. The molecule has 0 bridgehead atoms. The van der Waals surface area contributed by atoms with Crippen molar-refractivity contribution in [3.05, 3.63) is 84.2 Å². The summed E-state index contributed by atoms with van der Waals surface area (Å²) in [4.78, 5) is 21.3. The standard InChI is InChI=1S/C21H20N4O2/c26-21(18-9-5-15-27-18)23-13-14-25-19(11-10-16-6-2-1-3-7-16)24-17-8-4-12-22-20(17)25/h1-9,12,15H,10-11,13-14H2,(H,23,26). The number of aryl methyl sites for hydroxylation is 2. The van der Waals surface area contributed by atoms with Crippen LogP contribution in [0.4, 0.5) is 0 Å². The first kappa shape index (κ1) is 17.0. The predicted octanol–water partition coefficient (Wildman–Crippen LogP) is 3.24. The van der Waals surface area contributed by atoms with Crippen LogP contribution in [0.3, 0.4) is 0 Å². The highest BCUT2D eigenvalue weighted by atomic mass is 16.3. The fraction of sp³-hybridized carbons (Fsp3) is 0.190. The average molecular weight is 360 g/mol. The molecule has 4 aromatic rings. The van der Waals surface area contributed by atoms with Gasteiger partial charge in [-0.15, -0.1) is 0 Å². The number of hydrogen-bond acceptors (Lipinski definition) is 4. The van der Waals surface area contributed by atoms with Gasteiger partial charge in [0.1, 0.15) is 11.3 Å². The van der Waals surface area contributed by atoms with Crippen LogP contribution >= 0.6 is 0 Å². The first-order valence-electron chi connectivity index (χ1n) is 8.97. The van der Waals surface area contributed by atoms with Crippen molar-refractivity contribution in [3.63, 3.8) is 0 Å². The molecule has 0 aliphatic heterocycles. The van der Waals surface area contributed by atoms with Crippen LogP contribution < -0.4 is 5.32 Å². The van der Waals surface area contributed by atoms with Gasteiger partial charge in [-0.3, -0.25) is 4.79 Å². The number of pyridine rings is 1. The number of imidazole rings is 1. The zero-order valence-corrected chi connectivity index (χ0v) is 14.8. The Hall–Kier alpha value is -3.41. The van der Waals surface area contributed by atoms with Crippen molar-refractivity contribution in [1.29, 1.82) is 0 Å². The number of rotatable bonds is 7. The number of fused-ring (bicyclic) bond motifs is 1. The summed E-state index contributed by atoms with van der Waals surface area (Å²) >= 11 is 0. The maximum absolute atomic E-state index is 12.0. The molecule has 0 fully saturated rings. The number of aromatic nitrogens is 3. The minimum atomic E-state index is -0.219. The van der Waals surface area contributed by atoms with Crippen LogP contribution in [-0.4, -0.2) is 27.0 Å². The second-order valence-corrected chi connectivity index (χ2v) is 6.24. The van der Waals surface area contributed by atoms with Crippen molar-refractivity contribution < 1.29 is 9.21 Å². The van der Waals surface area contributed by atoms with E-state index in [2.05, 4.69) is 27.0 Å². The normalized spacial score (nSPS) is 11.0. The highest BCUT2D eigenvalue weighted by Crippen LogP contribution is 2.15. The van der Waals surface area contributed by atoms with Gasteiger partial charge >= 0.3 is 0 Å². The summed E-state index contributed by atoms with van der Waals surface area (Å²) in [6.45, 7) is 1.07. The van der Waals surface area contributed by atoms with Crippen LogP contribution in [-0.2, 0) is 19.4 Å². The number of amides is 1. The van der Waals surface area contributed by atoms with E-state index in [4.69, 9.17) is 9.40 Å². The average Bonchev–Trinajstić information content (AvgIpc) is 3.36. The van der Waals surface area contributed by atoms with Gasteiger partial charge in [-0.1, -0.05) is 30.3 Å². The number of nitrogens with one attached hydrogen (secondary N) is 1. The summed E-state index contributed by atoms with van der Waals surface area (Å²) in [5.74, 6) is 1.07. The number of hydrogen-bond donors (Lipinski definition) is 1. The second-order valence-electron chi connectivity index (χ2n) is 6.24. The van der Waals surface area contributed by atoms with Gasteiger partial charge < -0.3 is 14.3 Å². The van der Waals surface area contributed by atoms with Gasteiger partial charge in [0, 0.05) is 25.7 Å². The molecule has 0 aliphatic carbocycles. The van der Waals surface area contributed by atoms with E-state index >= 15 is 0 Å². The lowest BCUT2D eigenvalue weighted by Gasteiger charge is -2.09. The summed E-state index contributed by atoms with van der Waals surface area (Å²) in [6.07, 6.45) is 4.97. The summed E-state index contributed by atoms with van der Waals surface area (Å²) in [6, 6.07) is 17.5. The van der Waals surface area contributed by atoms with Crippen LogP contribution in [0.15, 0.2) is 71.5 Å². The molecule has 136 valence electrons. The number of benzene rings is 1. The molecule has 27 heavy (non-hydrogen) atoms. The molecule has 6 nitrogen and oxygen atoms in total. The van der Waals surface area contributed by atoms with E-state index in [9.17, 15) is 4.79 Å². The zero-order chi connectivity index (χ0) is 18.5. The molecule has 4 rings (SSSR count). The van der Waals surface area contributed by atoms with Gasteiger partial charge in [-0.2, -0.15) is 0 Å². The molecule has 0 saturated heterocycles. The summed E-state index contributed by atoms with van der Waals surface area (Å²) < 4.78 is 7.21. The van der Waals surface area contributed by atoms with Gasteiger partial charge in [0.25, 0.3) is 5.91 Å². The first-order valence-corrected chi connectivity index (χ1v) is 8.97. The van der Waals surface area contributed by atoms with Crippen LogP contribution in [0.25, 0.3) is 11.2 Å². The molecular formula is C21H20N4O2. The molecule has 1 aromatic carbocycles. The summed E-state index contributed by atoms with van der Waals surface area (Å²) in [5.41, 5.74) is 2.99. The van der Waals surface area contributed by atoms with Crippen LogP contribution in [0.2, 0.25) is 0 Å². The quantitative estimate of drug-likeness (QED) is 0.549. The molecule has 6 heteroatoms. The Kier molecular flexibility index (Phi) is 4.96. The highest BCUT2D eigenvalue weighted by molar-refractivity contribution is 5.91. The van der Waals surface area contributed by atoms with Crippen molar-refractivity contribution in [2.45, 2.75) is 19.4 Å². The van der Waals surface area contributed by atoms with E-state index in [0.717, 1.165) is 29.8 Å². The van der Waals surface area contributed by atoms with Gasteiger partial charge in [-0.25, -0.2) is 9.97 Å². The third-order valence-corrected chi connectivity index (χ3v) is 4.43. The predicted molar refractivity (Wildman–Crippen MR) is 102 cm³/mol. The summed E-state index contributed by atoms with van der Waals surface area (Å²) in [7, 11) is 0. The molecule has 0 radical (unpaired) electrons. The number of carbonyl (C=O) groups is 1. The molecule has 0 saturated carbocycles. The van der Waals surface area contributed by atoms with Crippen molar-refractivity contribution in [2.24, 2.45) is 0 Å². The molecule has 0 atom stereocenters. The topological polar surface area (TPSA) is 73.0 Å². The Morgan fingerprint density at radius 2 is 1.93 bits per heavy atom. The minimum Gasteiger partial charge on any atom is -0.459 e. The minimum absolute atomic E-state index is 0.219. The molecule has 3 heterocycles. The monoisotopic (exact) mass is 360 g/mol. The molecule has 0 aliphatic rings. The molecule has 3 aromatic heterocycles. The molecule has 0 spiro atoms. The maximum atomic E-state index is 12.0. The van der Waals surface area contributed by atoms with Crippen LogP contribution in [0.5, 0.6) is 0 Å². The van der Waals surface area contributed by atoms with E-state index in [0.29, 0.717) is 18.8 Å². The van der Waals surface area contributed by atoms with E-state index in [1.165, 1.54) is 11.8 Å². The molecule has 1 N–H and O–H groups in total. The van der Waals surface area contributed by atoms with Crippen LogP contribution in [0.1, 0.15) is 21.9 Å². The summed E-state index contributed by atoms with van der Waals surface area (Å²) in [5, 5.41) is 2.88. The van der Waals surface area contributed by atoms with E-state index in [-0.39, 0.29) is 5.91 Å². The van der Waals surface area contributed by atoms with Gasteiger partial charge in [-0.05, 0) is 36.2 Å². The van der Waals surface area contributed by atoms with E-state index < -0.39 is 0 Å². The molecule has 0 unspecified atom stereocenters. The van der Waals surface area contributed by atoms with Crippen molar-refractivity contribution in [3.8, 4) is 0 Å². The van der Waals surface area contributed by atoms with Crippen LogP contribution in [0, 0.1) is 0 Å². The van der Waals surface area contributed by atoms with E-state index in [1.807, 2.05) is 30.3 Å². The van der Waals surface area contributed by atoms with Gasteiger partial charge in [0.2, 0.25) is 0 Å². The molecule has 1 amide bonds. The molecular weight excluding hydrogens is 340 g/mol. The highest BCUT2D eigenvalue weighted by Gasteiger charge is 2.13. The van der Waals surface area contributed by atoms with Gasteiger partial charge in [0.15, 0.2) is 11.4 Å². The lowest BCUT2D eigenvalue weighted by atomic mass is 10.1. The Morgan fingerprint density at radius 1 is 1.04 bits per heavy atom. The van der Waals surface area contributed by atoms with Crippen molar-refractivity contribution >= 4 is 17.1 Å². The van der Waals surface area contributed by atoms with E-state index in [1.54, 1.807) is 18.3 Å². The zero-order valence-electron chi connectivity index (χ0n) is 14.8. The fourth-order valence-corrected chi connectivity index (χ4v) is 3.11. The smallest absolute Gasteiger partial charge is 0.287 e. The number of nitrogens with zero attached hydrogens (tertiary/aromatic N) is 3. The van der Waals surface area contributed by atoms with Gasteiger partial charge in [0.05, 0.1) is 6.26 Å². The lowest BCUT2D eigenvalue weighted by molar-refractivity contribution is 0.0924. The Labute approximate surface area is 156 Å². The maximum Gasteiger partial charge on any atom is 0.287 e.